The summed E-state index contributed by atoms with van der Waals surface area (Å²) < 4.78 is 34.3. The Morgan fingerprint density at radius 1 is 1.03 bits per heavy atom. The molecule has 0 saturated heterocycles. The predicted octanol–water partition coefficient (Wildman–Crippen LogP) is 7.87. The lowest BCUT2D eigenvalue weighted by Gasteiger charge is -2.15. The summed E-state index contributed by atoms with van der Waals surface area (Å²) in [5, 5.41) is 6.74. The monoisotopic (exact) mass is 503 g/mol. The molecule has 0 saturated carbocycles. The minimum atomic E-state index is -0.236. The zero-order chi connectivity index (χ0) is 27.8. The molecule has 6 heteroatoms. The van der Waals surface area contributed by atoms with Crippen molar-refractivity contribution in [3.63, 3.8) is 0 Å². The number of nitrogens with one attached hydrogen (secondary N) is 1. The van der Waals surface area contributed by atoms with Crippen LogP contribution in [-0.2, 0) is 14.2 Å². The van der Waals surface area contributed by atoms with E-state index in [-0.39, 0.29) is 11.7 Å². The van der Waals surface area contributed by atoms with Gasteiger partial charge in [-0.3, -0.25) is 0 Å². The Labute approximate surface area is 218 Å². The van der Waals surface area contributed by atoms with Crippen LogP contribution in [0.15, 0.2) is 42.5 Å². The largest absolute Gasteiger partial charge is 0.457 e. The number of halogens is 1. The van der Waals surface area contributed by atoms with E-state index in [1.807, 2.05) is 45.0 Å². The Bertz CT molecular complexity index is 888. The Morgan fingerprint density at radius 2 is 1.61 bits per heavy atom. The van der Waals surface area contributed by atoms with Crippen LogP contribution in [0.5, 0.6) is 11.5 Å². The topological polar surface area (TPSA) is 60.8 Å². The average molecular weight is 504 g/mol. The van der Waals surface area contributed by atoms with Gasteiger partial charge in [0.15, 0.2) is 0 Å². The summed E-state index contributed by atoms with van der Waals surface area (Å²) >= 11 is 0. The van der Waals surface area contributed by atoms with Gasteiger partial charge in [0, 0.05) is 51.7 Å². The van der Waals surface area contributed by atoms with Gasteiger partial charge < -0.3 is 24.4 Å². The van der Waals surface area contributed by atoms with E-state index >= 15 is 0 Å². The first-order valence-electron chi connectivity index (χ1n) is 12.2. The van der Waals surface area contributed by atoms with E-state index in [0.717, 1.165) is 30.7 Å². The van der Waals surface area contributed by atoms with E-state index in [9.17, 15) is 4.39 Å². The predicted molar refractivity (Wildman–Crippen MR) is 149 cm³/mol. The highest BCUT2D eigenvalue weighted by molar-refractivity contribution is 5.78. The third-order valence-corrected chi connectivity index (χ3v) is 4.37. The van der Waals surface area contributed by atoms with Crippen molar-refractivity contribution < 1.29 is 23.3 Å². The number of rotatable bonds is 9. The van der Waals surface area contributed by atoms with Gasteiger partial charge in [0.2, 0.25) is 0 Å². The Hall–Kier alpha value is -2.72. The van der Waals surface area contributed by atoms with Crippen molar-refractivity contribution in [2.75, 3.05) is 41.2 Å². The first-order valence-corrected chi connectivity index (χ1v) is 12.2. The maximum absolute atomic E-state index is 14.1. The number of hydrogen-bond acceptors (Lipinski definition) is 5. The Kier molecular flexibility index (Phi) is 23.6. The van der Waals surface area contributed by atoms with E-state index in [1.54, 1.807) is 47.3 Å². The summed E-state index contributed by atoms with van der Waals surface area (Å²) in [5.74, 6) is 6.88. The molecule has 5 nitrogen and oxygen atoms in total. The smallest absolute Gasteiger partial charge is 0.128 e. The maximum Gasteiger partial charge on any atom is 0.128 e. The van der Waals surface area contributed by atoms with E-state index < -0.39 is 0 Å². The Morgan fingerprint density at radius 3 is 2.11 bits per heavy atom. The first kappa shape index (κ1) is 35.4. The van der Waals surface area contributed by atoms with Gasteiger partial charge in [0.1, 0.15) is 17.3 Å². The van der Waals surface area contributed by atoms with Crippen LogP contribution in [0.4, 0.5) is 4.39 Å². The van der Waals surface area contributed by atoms with E-state index in [0.29, 0.717) is 30.3 Å². The molecule has 2 aromatic rings. The molecule has 0 heterocycles. The lowest BCUT2D eigenvalue weighted by Crippen LogP contribution is -2.07. The van der Waals surface area contributed by atoms with Crippen LogP contribution in [-0.4, -0.2) is 46.9 Å². The lowest BCUT2D eigenvalue weighted by molar-refractivity contribution is 0.123. The summed E-state index contributed by atoms with van der Waals surface area (Å²) in [5.41, 5.74) is 2.25. The summed E-state index contributed by atoms with van der Waals surface area (Å²) in [6.07, 6.45) is 1.84. The van der Waals surface area contributed by atoms with E-state index in [4.69, 9.17) is 14.9 Å². The molecule has 0 aliphatic rings. The lowest BCUT2D eigenvalue weighted by atomic mass is 10.0. The van der Waals surface area contributed by atoms with Crippen molar-refractivity contribution in [3.8, 4) is 23.3 Å². The summed E-state index contributed by atoms with van der Waals surface area (Å²) in [4.78, 5) is 0. The SMILES string of the molecule is CC#Cc1cccc(Oc2ccc(F)c(C(C)COCCC)c2)c1.CCC(C)=N.CCOC.COC. The Balaban J connectivity index is 0. The highest BCUT2D eigenvalue weighted by Crippen LogP contribution is 2.28. The summed E-state index contributed by atoms with van der Waals surface area (Å²) in [6.45, 7) is 13.5. The molecule has 0 amide bonds. The van der Waals surface area contributed by atoms with E-state index in [2.05, 4.69) is 28.2 Å². The minimum absolute atomic E-state index is 0.0302. The molecular formula is C30H46FNO4. The minimum Gasteiger partial charge on any atom is -0.457 e. The van der Waals surface area contributed by atoms with Gasteiger partial charge in [-0.15, -0.1) is 5.92 Å². The van der Waals surface area contributed by atoms with Gasteiger partial charge in [0.25, 0.3) is 0 Å². The van der Waals surface area contributed by atoms with Crippen molar-refractivity contribution in [3.05, 3.63) is 59.4 Å². The third kappa shape index (κ3) is 18.6. The molecule has 0 spiro atoms. The molecule has 2 aromatic carbocycles. The van der Waals surface area contributed by atoms with Gasteiger partial charge in [0.05, 0.1) is 6.61 Å². The molecule has 1 N–H and O–H groups in total. The fourth-order valence-corrected chi connectivity index (χ4v) is 2.37. The standard InChI is InChI=1S/C21H23FO2.C4H9N.C3H8O.C2H6O/c1-4-7-17-8-6-9-18(13-17)24-19-10-11-21(22)20(14-19)16(3)15-23-12-5-2;1-3-4(2)5;1-3-4-2;1-3-2/h6,8-11,13-14,16H,5,12,15H2,1-3H3;5H,3H2,1-2H3;3H2,1-2H3;1-2H3. The van der Waals surface area contributed by atoms with Crippen molar-refractivity contribution in [2.45, 2.75) is 60.3 Å². The summed E-state index contributed by atoms with van der Waals surface area (Å²) in [6, 6.07) is 12.4. The van der Waals surface area contributed by atoms with Crippen molar-refractivity contribution in [2.24, 2.45) is 0 Å². The van der Waals surface area contributed by atoms with E-state index in [1.165, 1.54) is 6.07 Å². The van der Waals surface area contributed by atoms with Crippen molar-refractivity contribution in [1.29, 1.82) is 5.41 Å². The molecule has 2 rings (SSSR count). The normalized spacial score (nSPS) is 10.1. The molecule has 0 bridgehead atoms. The molecule has 0 radical (unpaired) electrons. The quantitative estimate of drug-likeness (QED) is 0.215. The van der Waals surface area contributed by atoms with Gasteiger partial charge in [-0.2, -0.15) is 0 Å². The maximum atomic E-state index is 14.1. The number of ether oxygens (including phenoxy) is 4. The second kappa shape index (κ2) is 24.0. The first-order chi connectivity index (χ1) is 17.2. The molecule has 0 fully saturated rings. The zero-order valence-corrected chi connectivity index (χ0v) is 23.7. The van der Waals surface area contributed by atoms with Crippen LogP contribution in [0.3, 0.4) is 0 Å². The van der Waals surface area contributed by atoms with Crippen LogP contribution >= 0.6 is 0 Å². The van der Waals surface area contributed by atoms with Crippen molar-refractivity contribution in [1.82, 2.24) is 0 Å². The van der Waals surface area contributed by atoms with Crippen LogP contribution in [0.2, 0.25) is 0 Å². The molecular weight excluding hydrogens is 457 g/mol. The van der Waals surface area contributed by atoms with Gasteiger partial charge >= 0.3 is 0 Å². The second-order valence-corrected chi connectivity index (χ2v) is 7.78. The van der Waals surface area contributed by atoms with Crippen LogP contribution in [0.1, 0.15) is 71.4 Å². The van der Waals surface area contributed by atoms with Crippen LogP contribution in [0, 0.1) is 23.1 Å². The molecule has 0 aromatic heterocycles. The molecule has 1 atom stereocenters. The molecule has 0 aliphatic heterocycles. The zero-order valence-electron chi connectivity index (χ0n) is 23.7. The highest BCUT2D eigenvalue weighted by Gasteiger charge is 2.13. The number of hydrogen-bond donors (Lipinski definition) is 1. The van der Waals surface area contributed by atoms with Crippen LogP contribution < -0.4 is 4.74 Å². The fraction of sp³-hybridized carbons (Fsp3) is 0.500. The van der Waals surface area contributed by atoms with Crippen molar-refractivity contribution >= 4 is 5.71 Å². The van der Waals surface area contributed by atoms with Gasteiger partial charge in [-0.1, -0.05) is 32.8 Å². The molecule has 0 aliphatic carbocycles. The number of methoxy groups -OCH3 is 2. The van der Waals surface area contributed by atoms with Crippen LogP contribution in [0.25, 0.3) is 0 Å². The summed E-state index contributed by atoms with van der Waals surface area (Å²) in [7, 11) is 4.93. The molecule has 36 heavy (non-hydrogen) atoms. The second-order valence-electron chi connectivity index (χ2n) is 7.78. The molecule has 202 valence electrons. The number of benzene rings is 2. The third-order valence-electron chi connectivity index (χ3n) is 4.37. The molecule has 1 unspecified atom stereocenters. The van der Waals surface area contributed by atoms with Gasteiger partial charge in [-0.05, 0) is 75.6 Å². The van der Waals surface area contributed by atoms with Gasteiger partial charge in [-0.25, -0.2) is 4.39 Å². The average Bonchev–Trinajstić information content (AvgIpc) is 2.86. The highest BCUT2D eigenvalue weighted by atomic mass is 19.1. The fourth-order valence-electron chi connectivity index (χ4n) is 2.37.